The van der Waals surface area contributed by atoms with E-state index in [4.69, 9.17) is 34.8 Å². The van der Waals surface area contributed by atoms with Crippen LogP contribution in [0.2, 0.25) is 15.3 Å². The van der Waals surface area contributed by atoms with Crippen LogP contribution in [0.4, 0.5) is 0 Å². The molecule has 3 rings (SSSR count). The minimum Gasteiger partial charge on any atom is -0.507 e. The average Bonchev–Trinajstić information content (AvgIpc) is 2.86. The van der Waals surface area contributed by atoms with Gasteiger partial charge in [0, 0.05) is 18.5 Å². The molecule has 2 aromatic carbocycles. The normalized spacial score (nSPS) is 12.4. The van der Waals surface area contributed by atoms with Crippen molar-refractivity contribution in [3.8, 4) is 5.75 Å². The third-order valence-electron chi connectivity index (χ3n) is 5.52. The molecule has 0 aliphatic rings. The van der Waals surface area contributed by atoms with E-state index in [1.807, 2.05) is 34.9 Å². The minimum absolute atomic E-state index is 0.204. The summed E-state index contributed by atoms with van der Waals surface area (Å²) in [6.07, 6.45) is 0.533. The second-order valence-corrected chi connectivity index (χ2v) is 11.3. The predicted molar refractivity (Wildman–Crippen MR) is 133 cm³/mol. The van der Waals surface area contributed by atoms with Gasteiger partial charge < -0.3 is 9.67 Å². The fourth-order valence-corrected chi connectivity index (χ4v) is 4.70. The summed E-state index contributed by atoms with van der Waals surface area (Å²) in [6, 6.07) is 14.1. The van der Waals surface area contributed by atoms with Gasteiger partial charge in [-0.25, -0.2) is 0 Å². The first-order valence-corrected chi connectivity index (χ1v) is 11.6. The highest BCUT2D eigenvalue weighted by atomic mass is 35.5. The van der Waals surface area contributed by atoms with Crippen LogP contribution in [-0.4, -0.2) is 9.67 Å². The van der Waals surface area contributed by atoms with Gasteiger partial charge in [0.15, 0.2) is 0 Å². The highest BCUT2D eigenvalue weighted by Crippen LogP contribution is 2.42. The second-order valence-electron chi connectivity index (χ2n) is 10.2. The van der Waals surface area contributed by atoms with Crippen LogP contribution in [0.5, 0.6) is 5.75 Å². The van der Waals surface area contributed by atoms with Crippen molar-refractivity contribution < 1.29 is 5.11 Å². The Labute approximate surface area is 200 Å². The largest absolute Gasteiger partial charge is 0.507 e. The predicted octanol–water partition coefficient (Wildman–Crippen LogP) is 8.39. The van der Waals surface area contributed by atoms with E-state index in [-0.39, 0.29) is 10.8 Å². The number of hydrogen-bond acceptors (Lipinski definition) is 1. The highest BCUT2D eigenvalue weighted by molar-refractivity contribution is 6.44. The van der Waals surface area contributed by atoms with Crippen LogP contribution in [0.25, 0.3) is 0 Å². The van der Waals surface area contributed by atoms with Crippen molar-refractivity contribution in [2.75, 3.05) is 0 Å². The van der Waals surface area contributed by atoms with E-state index in [9.17, 15) is 5.11 Å². The van der Waals surface area contributed by atoms with Crippen molar-refractivity contribution in [1.82, 2.24) is 4.57 Å². The SMILES string of the molecule is CC(C)(C)c1cc(Cc2c(Cl)c(Cl)n(Cc3ccccc3)c2Cl)cc(C(C)(C)C)c1O. The number of benzene rings is 2. The van der Waals surface area contributed by atoms with E-state index in [0.717, 1.165) is 27.8 Å². The molecule has 31 heavy (non-hydrogen) atoms. The number of rotatable bonds is 4. The molecule has 0 atom stereocenters. The smallest absolute Gasteiger partial charge is 0.129 e. The first kappa shape index (κ1) is 24.0. The maximum atomic E-state index is 11.0. The van der Waals surface area contributed by atoms with Crippen LogP contribution >= 0.6 is 34.8 Å². The molecule has 3 aromatic rings. The standard InChI is InChI=1S/C26H30Cl3NO/c1-25(2,3)19-13-17(14-20(22(19)31)26(4,5)6)12-18-21(27)24(29)30(23(18)28)15-16-10-8-7-9-11-16/h7-11,13-14,31H,12,15H2,1-6H3. The molecule has 0 unspecified atom stereocenters. The van der Waals surface area contributed by atoms with Gasteiger partial charge in [-0.05, 0) is 33.1 Å². The lowest BCUT2D eigenvalue weighted by molar-refractivity contribution is 0.423. The van der Waals surface area contributed by atoms with Crippen molar-refractivity contribution in [1.29, 1.82) is 0 Å². The van der Waals surface area contributed by atoms with Crippen molar-refractivity contribution in [2.45, 2.75) is 65.3 Å². The van der Waals surface area contributed by atoms with E-state index < -0.39 is 0 Å². The lowest BCUT2D eigenvalue weighted by Crippen LogP contribution is -2.18. The van der Waals surface area contributed by atoms with Crippen LogP contribution in [0.1, 0.15) is 69.4 Å². The molecule has 2 nitrogen and oxygen atoms in total. The van der Waals surface area contributed by atoms with E-state index in [2.05, 4.69) is 53.7 Å². The van der Waals surface area contributed by atoms with Gasteiger partial charge in [0.05, 0.1) is 5.02 Å². The summed E-state index contributed by atoms with van der Waals surface area (Å²) in [5.41, 5.74) is 4.36. The number of phenols is 1. The van der Waals surface area contributed by atoms with Gasteiger partial charge in [0.2, 0.25) is 0 Å². The number of nitrogens with zero attached hydrogens (tertiary/aromatic N) is 1. The molecule has 0 aliphatic heterocycles. The summed E-state index contributed by atoms with van der Waals surface area (Å²) in [4.78, 5) is 0. The molecule has 1 aromatic heterocycles. The molecule has 5 heteroatoms. The second kappa shape index (κ2) is 8.73. The van der Waals surface area contributed by atoms with E-state index in [1.54, 1.807) is 0 Å². The maximum absolute atomic E-state index is 11.0. The molecule has 0 amide bonds. The Hall–Kier alpha value is -1.61. The van der Waals surface area contributed by atoms with Crippen LogP contribution in [0, 0.1) is 0 Å². The molecule has 166 valence electrons. The van der Waals surface area contributed by atoms with Gasteiger partial charge >= 0.3 is 0 Å². The topological polar surface area (TPSA) is 25.2 Å². The van der Waals surface area contributed by atoms with Crippen LogP contribution in [0.15, 0.2) is 42.5 Å². The van der Waals surface area contributed by atoms with Crippen molar-refractivity contribution in [3.63, 3.8) is 0 Å². The van der Waals surface area contributed by atoms with Crippen molar-refractivity contribution in [3.05, 3.63) is 85.6 Å². The minimum atomic E-state index is -0.204. The van der Waals surface area contributed by atoms with Crippen molar-refractivity contribution in [2.24, 2.45) is 0 Å². The van der Waals surface area contributed by atoms with Crippen LogP contribution in [0.3, 0.4) is 0 Å². The molecule has 0 bridgehead atoms. The van der Waals surface area contributed by atoms with Gasteiger partial charge in [-0.3, -0.25) is 0 Å². The lowest BCUT2D eigenvalue weighted by atomic mass is 9.78. The average molecular weight is 479 g/mol. The zero-order valence-electron chi connectivity index (χ0n) is 19.0. The van der Waals surface area contributed by atoms with E-state index in [1.165, 1.54) is 0 Å². The van der Waals surface area contributed by atoms with Gasteiger partial charge in [0.25, 0.3) is 0 Å². The summed E-state index contributed by atoms with van der Waals surface area (Å²) < 4.78 is 1.84. The number of phenolic OH excluding ortho intramolecular Hbond substituents is 1. The summed E-state index contributed by atoms with van der Waals surface area (Å²) in [6.45, 7) is 13.2. The molecule has 0 aliphatic carbocycles. The zero-order valence-corrected chi connectivity index (χ0v) is 21.3. The first-order valence-electron chi connectivity index (χ1n) is 10.4. The number of aromatic hydroxyl groups is 1. The molecule has 0 spiro atoms. The van der Waals surface area contributed by atoms with Gasteiger partial charge in [-0.2, -0.15) is 0 Å². The molecule has 0 saturated carbocycles. The Morgan fingerprint density at radius 2 is 1.29 bits per heavy atom. The maximum Gasteiger partial charge on any atom is 0.129 e. The fraction of sp³-hybridized carbons (Fsp3) is 0.385. The fourth-order valence-electron chi connectivity index (χ4n) is 3.78. The Morgan fingerprint density at radius 1 is 0.774 bits per heavy atom. The van der Waals surface area contributed by atoms with Crippen LogP contribution < -0.4 is 0 Å². The summed E-state index contributed by atoms with van der Waals surface area (Å²) >= 11 is 20.0. The van der Waals surface area contributed by atoms with Crippen LogP contribution in [-0.2, 0) is 23.8 Å². The Bertz CT molecular complexity index is 1050. The molecule has 1 heterocycles. The van der Waals surface area contributed by atoms with E-state index >= 15 is 0 Å². The lowest BCUT2D eigenvalue weighted by Gasteiger charge is -2.28. The first-order chi connectivity index (χ1) is 14.3. The molecule has 0 saturated heterocycles. The Morgan fingerprint density at radius 3 is 1.77 bits per heavy atom. The number of hydrogen-bond donors (Lipinski definition) is 1. The third-order valence-corrected chi connectivity index (χ3v) is 6.85. The molecular weight excluding hydrogens is 449 g/mol. The summed E-state index contributed by atoms with van der Waals surface area (Å²) in [5, 5.41) is 12.5. The monoisotopic (exact) mass is 477 g/mol. The summed E-state index contributed by atoms with van der Waals surface area (Å²) in [7, 11) is 0. The summed E-state index contributed by atoms with van der Waals surface area (Å²) in [5.74, 6) is 0.362. The number of halogens is 3. The van der Waals surface area contributed by atoms with Gasteiger partial charge in [-0.15, -0.1) is 0 Å². The third kappa shape index (κ3) is 5.08. The van der Waals surface area contributed by atoms with Gasteiger partial charge in [-0.1, -0.05) is 119 Å². The molecule has 0 fully saturated rings. The Kier molecular flexibility index (Phi) is 6.77. The molecular formula is C26H30Cl3NO. The van der Waals surface area contributed by atoms with Crippen molar-refractivity contribution >= 4 is 34.8 Å². The Balaban J connectivity index is 2.08. The zero-order chi connectivity index (χ0) is 23.1. The quantitative estimate of drug-likeness (QED) is 0.400. The molecule has 0 radical (unpaired) electrons. The van der Waals surface area contributed by atoms with Gasteiger partial charge in [0.1, 0.15) is 16.1 Å². The highest BCUT2D eigenvalue weighted by Gasteiger charge is 2.27. The van der Waals surface area contributed by atoms with E-state index in [0.29, 0.717) is 34.0 Å². The molecule has 1 N–H and O–H groups in total. The number of aromatic nitrogens is 1.